The van der Waals surface area contributed by atoms with Crippen molar-refractivity contribution in [1.29, 1.82) is 5.26 Å². The van der Waals surface area contributed by atoms with Crippen molar-refractivity contribution in [2.75, 3.05) is 10.6 Å². The lowest BCUT2D eigenvalue weighted by Gasteiger charge is -2.17. The number of nitrogens with one attached hydrogen (secondary N) is 2. The molecule has 3 rings (SSSR count). The molecule has 0 bridgehead atoms. The maximum Gasteiger partial charge on any atom is 0.255 e. The van der Waals surface area contributed by atoms with Gasteiger partial charge in [0, 0.05) is 23.1 Å². The maximum absolute atomic E-state index is 12.7. The highest BCUT2D eigenvalue weighted by Gasteiger charge is 2.21. The van der Waals surface area contributed by atoms with E-state index in [1.165, 1.54) is 0 Å². The molecule has 0 fully saturated rings. The fraction of sp³-hybridized carbons (Fsp3) is 0.182. The minimum Gasteiger partial charge on any atom is -0.340 e. The van der Waals surface area contributed by atoms with Gasteiger partial charge in [-0.1, -0.05) is 18.2 Å². The Kier molecular flexibility index (Phi) is 5.81. The molecule has 0 aliphatic carbocycles. The monoisotopic (exact) mass is 405 g/mol. The minimum absolute atomic E-state index is 0.150. The lowest BCUT2D eigenvalue weighted by molar-refractivity contribution is 0.102. The van der Waals surface area contributed by atoms with Crippen LogP contribution < -0.4 is 10.6 Å². The second kappa shape index (κ2) is 8.29. The number of anilines is 3. The first-order valence-corrected chi connectivity index (χ1v) is 9.36. The molecule has 2 N–H and O–H groups in total. The van der Waals surface area contributed by atoms with Gasteiger partial charge < -0.3 is 10.6 Å². The number of nitrogens with zero attached hydrogens (tertiary/aromatic N) is 3. The molecule has 0 unspecified atom stereocenters. The number of aromatic nitrogens is 2. The molecule has 0 saturated heterocycles. The molecule has 3 aromatic rings. The molecule has 0 radical (unpaired) electrons. The van der Waals surface area contributed by atoms with E-state index in [0.717, 1.165) is 16.8 Å². The van der Waals surface area contributed by atoms with E-state index in [-0.39, 0.29) is 11.2 Å². The van der Waals surface area contributed by atoms with Gasteiger partial charge in [-0.15, -0.1) is 0 Å². The van der Waals surface area contributed by atoms with Gasteiger partial charge in [0.25, 0.3) is 5.91 Å². The van der Waals surface area contributed by atoms with Gasteiger partial charge >= 0.3 is 0 Å². The second-order valence-electron chi connectivity index (χ2n) is 7.14. The number of benzene rings is 2. The Morgan fingerprint density at radius 2 is 1.97 bits per heavy atom. The number of hydrogen-bond donors (Lipinski definition) is 2. The summed E-state index contributed by atoms with van der Waals surface area (Å²) in [5, 5.41) is 15.6. The van der Waals surface area contributed by atoms with Crippen molar-refractivity contribution in [3.05, 3.63) is 76.7 Å². The van der Waals surface area contributed by atoms with Gasteiger partial charge in [-0.05, 0) is 73.8 Å². The van der Waals surface area contributed by atoms with Crippen LogP contribution in [0.3, 0.4) is 0 Å². The number of halogens is 1. The number of carbonyl (C=O) groups excluding carboxylic acids is 1. The maximum atomic E-state index is 12.7. The van der Waals surface area contributed by atoms with Gasteiger partial charge in [0.15, 0.2) is 0 Å². The lowest BCUT2D eigenvalue weighted by atomic mass is 9.85. The van der Waals surface area contributed by atoms with Gasteiger partial charge in [0.1, 0.15) is 5.82 Å². The van der Waals surface area contributed by atoms with Crippen LogP contribution in [0.25, 0.3) is 0 Å². The van der Waals surface area contributed by atoms with Crippen LogP contribution in [0.1, 0.15) is 35.3 Å². The molecule has 0 spiro atoms. The fourth-order valence-electron chi connectivity index (χ4n) is 2.69. The van der Waals surface area contributed by atoms with Crippen molar-refractivity contribution >= 4 is 34.7 Å². The topological polar surface area (TPSA) is 90.7 Å². The Balaban J connectivity index is 1.81. The van der Waals surface area contributed by atoms with Crippen LogP contribution in [-0.2, 0) is 5.41 Å². The summed E-state index contributed by atoms with van der Waals surface area (Å²) in [6.07, 6.45) is 1.56. The summed E-state index contributed by atoms with van der Waals surface area (Å²) in [6, 6.07) is 16.6. The summed E-state index contributed by atoms with van der Waals surface area (Å²) in [7, 11) is 0. The molecule has 6 nitrogen and oxygen atoms in total. The minimum atomic E-state index is -0.671. The SMILES string of the molecule is Cc1ccc(NC(=O)c2cccc(C(C)(C)C#N)c2)cc1Nc1ccnc(Cl)n1. The molecular formula is C22H20ClN5O. The Bertz CT molecular complexity index is 1100. The predicted molar refractivity (Wildman–Crippen MR) is 115 cm³/mol. The summed E-state index contributed by atoms with van der Waals surface area (Å²) in [5.74, 6) is 0.309. The van der Waals surface area contributed by atoms with E-state index in [1.54, 1.807) is 30.5 Å². The van der Waals surface area contributed by atoms with Crippen LogP contribution in [0, 0.1) is 18.3 Å². The first-order valence-electron chi connectivity index (χ1n) is 8.98. The molecule has 0 saturated carbocycles. The van der Waals surface area contributed by atoms with Crippen LogP contribution in [0.2, 0.25) is 5.28 Å². The Morgan fingerprint density at radius 3 is 2.69 bits per heavy atom. The third-order valence-corrected chi connectivity index (χ3v) is 4.69. The average molecular weight is 406 g/mol. The van der Waals surface area contributed by atoms with Gasteiger partial charge in [-0.25, -0.2) is 9.97 Å². The van der Waals surface area contributed by atoms with Gasteiger partial charge in [-0.2, -0.15) is 5.26 Å². The molecule has 7 heteroatoms. The third kappa shape index (κ3) is 4.89. The highest BCUT2D eigenvalue weighted by Crippen LogP contribution is 2.26. The summed E-state index contributed by atoms with van der Waals surface area (Å²) < 4.78 is 0. The van der Waals surface area contributed by atoms with Crippen molar-refractivity contribution in [3.8, 4) is 6.07 Å². The van der Waals surface area contributed by atoms with Crippen molar-refractivity contribution in [2.24, 2.45) is 0 Å². The highest BCUT2D eigenvalue weighted by atomic mass is 35.5. The average Bonchev–Trinajstić information content (AvgIpc) is 2.70. The normalized spacial score (nSPS) is 10.9. The Labute approximate surface area is 174 Å². The lowest BCUT2D eigenvalue weighted by Crippen LogP contribution is -2.17. The largest absolute Gasteiger partial charge is 0.340 e. The number of aryl methyl sites for hydroxylation is 1. The number of rotatable bonds is 5. The smallest absolute Gasteiger partial charge is 0.255 e. The standard InChI is InChI=1S/C22H20ClN5O/c1-14-7-8-17(12-18(14)27-19-9-10-25-21(23)28-19)26-20(29)15-5-4-6-16(11-15)22(2,3)13-24/h4-12H,1-3H3,(H,26,29)(H,25,27,28). The molecule has 0 aliphatic heterocycles. The van der Waals surface area contributed by atoms with Gasteiger partial charge in [0.05, 0.1) is 11.5 Å². The number of hydrogen-bond acceptors (Lipinski definition) is 5. The third-order valence-electron chi connectivity index (χ3n) is 4.51. The highest BCUT2D eigenvalue weighted by molar-refractivity contribution is 6.28. The quantitative estimate of drug-likeness (QED) is 0.566. The van der Waals surface area contributed by atoms with E-state index < -0.39 is 5.41 Å². The molecule has 2 aromatic carbocycles. The first-order chi connectivity index (χ1) is 13.8. The molecule has 1 amide bonds. The second-order valence-corrected chi connectivity index (χ2v) is 7.48. The Morgan fingerprint density at radius 1 is 1.17 bits per heavy atom. The van der Waals surface area contributed by atoms with Crippen LogP contribution in [0.5, 0.6) is 0 Å². The zero-order valence-corrected chi connectivity index (χ0v) is 17.1. The van der Waals surface area contributed by atoms with Gasteiger partial charge in [0.2, 0.25) is 5.28 Å². The van der Waals surface area contributed by atoms with Crippen LogP contribution in [0.15, 0.2) is 54.7 Å². The van der Waals surface area contributed by atoms with E-state index >= 15 is 0 Å². The van der Waals surface area contributed by atoms with Crippen molar-refractivity contribution in [1.82, 2.24) is 9.97 Å². The summed E-state index contributed by atoms with van der Waals surface area (Å²) in [5.41, 5.74) is 3.01. The molecule has 1 heterocycles. The predicted octanol–water partition coefficient (Wildman–Crippen LogP) is 5.24. The number of amides is 1. The van der Waals surface area contributed by atoms with E-state index in [0.29, 0.717) is 17.1 Å². The summed E-state index contributed by atoms with van der Waals surface area (Å²) in [4.78, 5) is 20.7. The number of nitriles is 1. The molecule has 146 valence electrons. The molecule has 0 atom stereocenters. The van der Waals surface area contributed by atoms with Crippen molar-refractivity contribution in [2.45, 2.75) is 26.2 Å². The van der Waals surface area contributed by atoms with Crippen LogP contribution in [-0.4, -0.2) is 15.9 Å². The summed E-state index contributed by atoms with van der Waals surface area (Å²) in [6.45, 7) is 5.59. The summed E-state index contributed by atoms with van der Waals surface area (Å²) >= 11 is 5.83. The molecule has 0 aliphatic rings. The van der Waals surface area contributed by atoms with E-state index in [2.05, 4.69) is 26.7 Å². The van der Waals surface area contributed by atoms with Crippen LogP contribution in [0.4, 0.5) is 17.2 Å². The van der Waals surface area contributed by atoms with E-state index in [1.807, 2.05) is 45.0 Å². The number of carbonyl (C=O) groups is 1. The van der Waals surface area contributed by atoms with Crippen LogP contribution >= 0.6 is 11.6 Å². The van der Waals surface area contributed by atoms with Gasteiger partial charge in [-0.3, -0.25) is 4.79 Å². The molecule has 29 heavy (non-hydrogen) atoms. The Hall–Kier alpha value is -3.43. The van der Waals surface area contributed by atoms with Crippen molar-refractivity contribution < 1.29 is 4.79 Å². The zero-order chi connectivity index (χ0) is 21.0. The fourth-order valence-corrected chi connectivity index (χ4v) is 2.84. The first kappa shape index (κ1) is 20.3. The van der Waals surface area contributed by atoms with Crippen molar-refractivity contribution in [3.63, 3.8) is 0 Å². The molecular weight excluding hydrogens is 386 g/mol. The molecule has 1 aromatic heterocycles. The van der Waals surface area contributed by atoms with E-state index in [4.69, 9.17) is 11.6 Å². The zero-order valence-electron chi connectivity index (χ0n) is 16.3. The van der Waals surface area contributed by atoms with E-state index in [9.17, 15) is 10.1 Å².